The van der Waals surface area contributed by atoms with Gasteiger partial charge < -0.3 is 20.2 Å². The lowest BCUT2D eigenvalue weighted by molar-refractivity contribution is -0.152. The zero-order valence-electron chi connectivity index (χ0n) is 17.0. The van der Waals surface area contributed by atoms with Crippen molar-refractivity contribution in [1.29, 1.82) is 0 Å². The molecule has 3 atom stereocenters. The van der Waals surface area contributed by atoms with Crippen LogP contribution in [0, 0.1) is 0 Å². The van der Waals surface area contributed by atoms with Gasteiger partial charge in [0.05, 0.1) is 0 Å². The molecule has 0 bridgehead atoms. The monoisotopic (exact) mass is 449 g/mol. The Hall–Kier alpha value is -2.13. The largest absolute Gasteiger partial charge is 0.480 e. The summed E-state index contributed by atoms with van der Waals surface area (Å²) >= 11 is 6.83. The molecule has 1 aromatic carbocycles. The third-order valence-electron chi connectivity index (χ3n) is 5.56. The quantitative estimate of drug-likeness (QED) is 0.644. The van der Waals surface area contributed by atoms with Gasteiger partial charge in [0, 0.05) is 18.8 Å². The van der Waals surface area contributed by atoms with Gasteiger partial charge in [-0.3, -0.25) is 9.59 Å². The molecule has 2 fully saturated rings. The number of rotatable bonds is 6. The summed E-state index contributed by atoms with van der Waals surface area (Å²) < 4.78 is 0.535. The van der Waals surface area contributed by atoms with E-state index in [-0.39, 0.29) is 11.8 Å². The molecule has 1 aromatic rings. The summed E-state index contributed by atoms with van der Waals surface area (Å²) in [6.07, 6.45) is 2.43. The standard InChI is InChI=1S/C21H27N3O4S2/c1-14(22-21(29)30-13-15-7-3-2-4-8-15)18(25)23-11-5-9-16(23)19(26)24-12-6-10-17(24)20(27)28/h2-4,7-8,14,16-17H,5-6,9-13H2,1H3,(H,22,29)(H,27,28)/t14-,16-,17-/m0/s1. The first-order chi connectivity index (χ1) is 14.4. The molecule has 0 aromatic heterocycles. The number of hydrogen-bond donors (Lipinski definition) is 2. The molecule has 162 valence electrons. The maximum atomic E-state index is 13.0. The Labute approximate surface area is 186 Å². The molecule has 0 radical (unpaired) electrons. The van der Waals surface area contributed by atoms with Gasteiger partial charge in [-0.25, -0.2) is 4.79 Å². The molecule has 0 saturated carbocycles. The second kappa shape index (κ2) is 10.3. The van der Waals surface area contributed by atoms with Gasteiger partial charge in [-0.15, -0.1) is 0 Å². The molecular weight excluding hydrogens is 422 g/mol. The average molecular weight is 450 g/mol. The van der Waals surface area contributed by atoms with Gasteiger partial charge in [0.25, 0.3) is 0 Å². The number of carbonyl (C=O) groups excluding carboxylic acids is 2. The Bertz CT molecular complexity index is 805. The van der Waals surface area contributed by atoms with Crippen LogP contribution in [0.4, 0.5) is 0 Å². The van der Waals surface area contributed by atoms with Gasteiger partial charge in [0.2, 0.25) is 11.8 Å². The number of thiocarbonyl (C=S) groups is 1. The van der Waals surface area contributed by atoms with Crippen molar-refractivity contribution in [1.82, 2.24) is 15.1 Å². The van der Waals surface area contributed by atoms with Gasteiger partial charge in [-0.2, -0.15) is 0 Å². The number of benzene rings is 1. The molecule has 7 nitrogen and oxygen atoms in total. The fourth-order valence-corrected chi connectivity index (χ4v) is 5.12. The van der Waals surface area contributed by atoms with E-state index in [1.54, 1.807) is 11.8 Å². The highest BCUT2D eigenvalue weighted by atomic mass is 32.2. The zero-order chi connectivity index (χ0) is 21.7. The molecule has 0 spiro atoms. The summed E-state index contributed by atoms with van der Waals surface area (Å²) in [4.78, 5) is 40.5. The van der Waals surface area contributed by atoms with E-state index in [1.165, 1.54) is 16.7 Å². The molecule has 2 amide bonds. The average Bonchev–Trinajstić information content (AvgIpc) is 3.41. The highest BCUT2D eigenvalue weighted by Gasteiger charge is 2.42. The Balaban J connectivity index is 1.56. The number of likely N-dealkylation sites (tertiary alicyclic amines) is 2. The third-order valence-corrected chi connectivity index (χ3v) is 6.89. The van der Waals surface area contributed by atoms with Crippen molar-refractivity contribution < 1.29 is 19.5 Å². The van der Waals surface area contributed by atoms with Crippen molar-refractivity contribution >= 4 is 46.1 Å². The second-order valence-corrected chi connectivity index (χ2v) is 9.30. The molecule has 0 unspecified atom stereocenters. The summed E-state index contributed by atoms with van der Waals surface area (Å²) in [6, 6.07) is 8.01. The van der Waals surface area contributed by atoms with Crippen LogP contribution < -0.4 is 5.32 Å². The minimum absolute atomic E-state index is 0.181. The topological polar surface area (TPSA) is 90.0 Å². The number of carboxylic acid groups (broad SMARTS) is 1. The number of hydrogen-bond acceptors (Lipinski definition) is 5. The first kappa shape index (κ1) is 22.6. The smallest absolute Gasteiger partial charge is 0.326 e. The lowest BCUT2D eigenvalue weighted by Crippen LogP contribution is -2.54. The second-order valence-electron chi connectivity index (χ2n) is 7.65. The van der Waals surface area contributed by atoms with E-state index in [1.807, 2.05) is 30.3 Å². The van der Waals surface area contributed by atoms with Gasteiger partial charge in [-0.1, -0.05) is 54.3 Å². The molecule has 0 aliphatic carbocycles. The number of carbonyl (C=O) groups is 3. The molecular formula is C21H27N3O4S2. The van der Waals surface area contributed by atoms with Crippen LogP contribution in [0.1, 0.15) is 38.2 Å². The van der Waals surface area contributed by atoms with E-state index >= 15 is 0 Å². The van der Waals surface area contributed by atoms with Crippen LogP contribution in [0.5, 0.6) is 0 Å². The fourth-order valence-electron chi connectivity index (χ4n) is 4.02. The van der Waals surface area contributed by atoms with Gasteiger partial charge in [0.15, 0.2) is 0 Å². The van der Waals surface area contributed by atoms with Crippen molar-refractivity contribution in [3.63, 3.8) is 0 Å². The van der Waals surface area contributed by atoms with Crippen molar-refractivity contribution in [2.45, 2.75) is 56.5 Å². The first-order valence-electron chi connectivity index (χ1n) is 10.2. The van der Waals surface area contributed by atoms with E-state index < -0.39 is 24.1 Å². The molecule has 2 N–H and O–H groups in total. The summed E-state index contributed by atoms with van der Waals surface area (Å²) in [7, 11) is 0. The minimum atomic E-state index is -0.979. The van der Waals surface area contributed by atoms with Crippen molar-refractivity contribution in [3.8, 4) is 0 Å². The van der Waals surface area contributed by atoms with Crippen molar-refractivity contribution in [2.75, 3.05) is 13.1 Å². The predicted octanol–water partition coefficient (Wildman–Crippen LogP) is 2.25. The van der Waals surface area contributed by atoms with Crippen LogP contribution >= 0.6 is 24.0 Å². The van der Waals surface area contributed by atoms with Crippen LogP contribution in [0.25, 0.3) is 0 Å². The minimum Gasteiger partial charge on any atom is -0.480 e. The zero-order valence-corrected chi connectivity index (χ0v) is 18.6. The number of nitrogens with one attached hydrogen (secondary N) is 1. The maximum absolute atomic E-state index is 13.0. The Kier molecular flexibility index (Phi) is 7.71. The molecule has 3 rings (SSSR count). The third kappa shape index (κ3) is 5.31. The van der Waals surface area contributed by atoms with Crippen LogP contribution in [-0.4, -0.2) is 68.2 Å². The summed E-state index contributed by atoms with van der Waals surface area (Å²) in [5, 5.41) is 12.4. The number of carboxylic acids is 1. The lowest BCUT2D eigenvalue weighted by atomic mass is 10.1. The van der Waals surface area contributed by atoms with Crippen LogP contribution in [0.3, 0.4) is 0 Å². The summed E-state index contributed by atoms with van der Waals surface area (Å²) in [5.41, 5.74) is 1.15. The first-order valence-corrected chi connectivity index (χ1v) is 11.6. The highest BCUT2D eigenvalue weighted by Crippen LogP contribution is 2.25. The summed E-state index contributed by atoms with van der Waals surface area (Å²) in [5.74, 6) is -0.699. The van der Waals surface area contributed by atoms with Crippen molar-refractivity contribution in [2.24, 2.45) is 0 Å². The van der Waals surface area contributed by atoms with Gasteiger partial charge in [-0.05, 0) is 38.2 Å². The molecule has 2 aliphatic heterocycles. The van der Waals surface area contributed by atoms with E-state index in [4.69, 9.17) is 12.2 Å². The number of aliphatic carboxylic acids is 1. The SMILES string of the molecule is C[C@H](NC(=S)SCc1ccccc1)C(=O)N1CCC[C@H]1C(=O)N1CCC[C@H]1C(=O)O. The molecule has 30 heavy (non-hydrogen) atoms. The number of amides is 2. The summed E-state index contributed by atoms with van der Waals surface area (Å²) in [6.45, 7) is 2.67. The molecule has 2 heterocycles. The van der Waals surface area contributed by atoms with Crippen LogP contribution in [0.15, 0.2) is 30.3 Å². The fraction of sp³-hybridized carbons (Fsp3) is 0.524. The van der Waals surface area contributed by atoms with Crippen molar-refractivity contribution in [3.05, 3.63) is 35.9 Å². The van der Waals surface area contributed by atoms with Gasteiger partial charge >= 0.3 is 5.97 Å². The van der Waals surface area contributed by atoms with E-state index in [0.717, 1.165) is 12.0 Å². The van der Waals surface area contributed by atoms with Crippen LogP contribution in [-0.2, 0) is 20.1 Å². The number of nitrogens with zero attached hydrogens (tertiary/aromatic N) is 2. The normalized spacial score (nSPS) is 22.0. The molecule has 9 heteroatoms. The Morgan fingerprint density at radius 1 is 1.13 bits per heavy atom. The Morgan fingerprint density at radius 2 is 1.77 bits per heavy atom. The van der Waals surface area contributed by atoms with E-state index in [9.17, 15) is 19.5 Å². The maximum Gasteiger partial charge on any atom is 0.326 e. The molecule has 2 aliphatic rings. The van der Waals surface area contributed by atoms with E-state index in [0.29, 0.717) is 42.4 Å². The van der Waals surface area contributed by atoms with E-state index in [2.05, 4.69) is 5.32 Å². The van der Waals surface area contributed by atoms with Crippen LogP contribution in [0.2, 0.25) is 0 Å². The lowest BCUT2D eigenvalue weighted by Gasteiger charge is -2.31. The Morgan fingerprint density at radius 3 is 2.43 bits per heavy atom. The highest BCUT2D eigenvalue weighted by molar-refractivity contribution is 8.22. The predicted molar refractivity (Wildman–Crippen MR) is 120 cm³/mol. The number of thioether (sulfide) groups is 1. The molecule has 2 saturated heterocycles. The van der Waals surface area contributed by atoms with Gasteiger partial charge in [0.1, 0.15) is 22.4 Å².